The fraction of sp³-hybridized carbons (Fsp3) is 0.333. The first kappa shape index (κ1) is 14.3. The lowest BCUT2D eigenvalue weighted by atomic mass is 9.93. The van der Waals surface area contributed by atoms with Gasteiger partial charge in [0.05, 0.1) is 4.90 Å². The van der Waals surface area contributed by atoms with Crippen molar-refractivity contribution in [2.45, 2.75) is 17.4 Å². The Hall–Kier alpha value is -2.09. The van der Waals surface area contributed by atoms with Gasteiger partial charge in [-0.05, 0) is 29.7 Å². The van der Waals surface area contributed by atoms with E-state index in [1.807, 2.05) is 0 Å². The summed E-state index contributed by atoms with van der Waals surface area (Å²) in [5.74, 6) is -1.28. The molecule has 1 aliphatic heterocycles. The van der Waals surface area contributed by atoms with Gasteiger partial charge in [-0.3, -0.25) is 4.90 Å². The summed E-state index contributed by atoms with van der Waals surface area (Å²) in [4.78, 5) is 23.3. The second kappa shape index (κ2) is 4.78. The molecule has 8 heteroatoms. The van der Waals surface area contributed by atoms with Gasteiger partial charge < -0.3 is 10.2 Å². The fourth-order valence-electron chi connectivity index (χ4n) is 2.31. The summed E-state index contributed by atoms with van der Waals surface area (Å²) in [5.41, 5.74) is 0.872. The van der Waals surface area contributed by atoms with Crippen molar-refractivity contribution in [3.05, 3.63) is 29.3 Å². The Balaban J connectivity index is 2.55. The predicted molar refractivity (Wildman–Crippen MR) is 68.4 cm³/mol. The van der Waals surface area contributed by atoms with Crippen LogP contribution in [0.25, 0.3) is 0 Å². The molecule has 1 unspecified atom stereocenters. The summed E-state index contributed by atoms with van der Waals surface area (Å²) in [6, 6.07) is 2.79. The molecule has 0 radical (unpaired) electrons. The van der Waals surface area contributed by atoms with Gasteiger partial charge >= 0.3 is 12.1 Å². The number of hydrogen-bond acceptors (Lipinski definition) is 4. The maximum Gasteiger partial charge on any atom is 0.408 e. The van der Waals surface area contributed by atoms with Crippen LogP contribution in [0.4, 0.5) is 4.79 Å². The van der Waals surface area contributed by atoms with Gasteiger partial charge in [0, 0.05) is 12.8 Å². The van der Waals surface area contributed by atoms with Gasteiger partial charge in [0.2, 0.25) is 0 Å². The Labute approximate surface area is 115 Å². The first-order valence-corrected chi connectivity index (χ1v) is 7.66. The maximum atomic E-state index is 11.5. The normalized spacial score (nSPS) is 18.4. The van der Waals surface area contributed by atoms with Crippen molar-refractivity contribution >= 4 is 21.9 Å². The SMILES string of the molecule is CS(=O)(=O)c1ccc2c(c1)CCN(C(=O)O)C2C(=O)O. The molecule has 0 fully saturated rings. The third-order valence-corrected chi connectivity index (χ3v) is 4.36. The number of aliphatic carboxylic acids is 1. The van der Waals surface area contributed by atoms with Crippen molar-refractivity contribution in [1.29, 1.82) is 0 Å². The molecule has 0 aliphatic carbocycles. The van der Waals surface area contributed by atoms with Gasteiger partial charge in [0.1, 0.15) is 0 Å². The average Bonchev–Trinajstić information content (AvgIpc) is 2.35. The van der Waals surface area contributed by atoms with Gasteiger partial charge in [-0.25, -0.2) is 18.0 Å². The van der Waals surface area contributed by atoms with Gasteiger partial charge in [-0.1, -0.05) is 6.07 Å². The third-order valence-electron chi connectivity index (χ3n) is 3.25. The molecule has 1 atom stereocenters. The van der Waals surface area contributed by atoms with E-state index < -0.39 is 27.9 Å². The average molecular weight is 299 g/mol. The Morgan fingerprint density at radius 1 is 1.30 bits per heavy atom. The summed E-state index contributed by atoms with van der Waals surface area (Å²) < 4.78 is 23.0. The summed E-state index contributed by atoms with van der Waals surface area (Å²) in [7, 11) is -3.38. The topological polar surface area (TPSA) is 112 Å². The molecule has 0 saturated carbocycles. The fourth-order valence-corrected chi connectivity index (χ4v) is 2.98. The molecular weight excluding hydrogens is 286 g/mol. The van der Waals surface area contributed by atoms with E-state index in [9.17, 15) is 23.1 Å². The number of nitrogens with zero attached hydrogens (tertiary/aromatic N) is 1. The molecule has 20 heavy (non-hydrogen) atoms. The zero-order valence-corrected chi connectivity index (χ0v) is 11.4. The summed E-state index contributed by atoms with van der Waals surface area (Å²) in [6.07, 6.45) is 0.0418. The number of sulfone groups is 1. The molecule has 0 spiro atoms. The molecule has 1 aliphatic rings. The first-order valence-electron chi connectivity index (χ1n) is 5.77. The number of benzene rings is 1. The van der Waals surface area contributed by atoms with E-state index in [1.165, 1.54) is 18.2 Å². The lowest BCUT2D eigenvalue weighted by Crippen LogP contribution is -2.42. The molecule has 2 N–H and O–H groups in total. The van der Waals surface area contributed by atoms with Crippen LogP contribution in [0.15, 0.2) is 23.1 Å². The minimum absolute atomic E-state index is 0.0204. The van der Waals surface area contributed by atoms with Crippen LogP contribution >= 0.6 is 0 Å². The van der Waals surface area contributed by atoms with E-state index in [4.69, 9.17) is 5.11 Å². The van der Waals surface area contributed by atoms with E-state index >= 15 is 0 Å². The minimum atomic E-state index is -3.38. The van der Waals surface area contributed by atoms with Crippen molar-refractivity contribution in [3.8, 4) is 0 Å². The van der Waals surface area contributed by atoms with Crippen molar-refractivity contribution in [1.82, 2.24) is 4.90 Å². The number of amides is 1. The molecule has 0 aromatic heterocycles. The number of carbonyl (C=O) groups is 2. The summed E-state index contributed by atoms with van der Waals surface area (Å²) >= 11 is 0. The van der Waals surface area contributed by atoms with E-state index in [1.54, 1.807) is 0 Å². The van der Waals surface area contributed by atoms with Crippen LogP contribution in [0, 0.1) is 0 Å². The smallest absolute Gasteiger partial charge is 0.408 e. The van der Waals surface area contributed by atoms with Crippen LogP contribution in [-0.2, 0) is 21.1 Å². The third kappa shape index (κ3) is 2.46. The molecule has 108 valence electrons. The first-order chi connectivity index (χ1) is 9.21. The zero-order valence-electron chi connectivity index (χ0n) is 10.6. The molecule has 2 rings (SSSR count). The Bertz CT molecular complexity index is 681. The molecule has 1 aromatic carbocycles. The lowest BCUT2D eigenvalue weighted by molar-refractivity contribution is -0.143. The van der Waals surface area contributed by atoms with Crippen molar-refractivity contribution in [3.63, 3.8) is 0 Å². The molecule has 1 amide bonds. The quantitative estimate of drug-likeness (QED) is 0.833. The zero-order chi connectivity index (χ0) is 15.1. The number of fused-ring (bicyclic) bond motifs is 1. The standard InChI is InChI=1S/C12H13NO6S/c1-20(18,19)8-2-3-9-7(6-8)4-5-13(12(16)17)10(9)11(14)15/h2-3,6,10H,4-5H2,1H3,(H,14,15)(H,16,17). The molecule has 0 saturated heterocycles. The van der Waals surface area contributed by atoms with Crippen LogP contribution in [-0.4, -0.2) is 48.4 Å². The van der Waals surface area contributed by atoms with E-state index in [2.05, 4.69) is 0 Å². The Kier molecular flexibility index (Phi) is 3.43. The molecule has 1 heterocycles. The van der Waals surface area contributed by atoms with Crippen LogP contribution < -0.4 is 0 Å². The highest BCUT2D eigenvalue weighted by Crippen LogP contribution is 2.31. The van der Waals surface area contributed by atoms with Crippen molar-refractivity contribution < 1.29 is 28.2 Å². The predicted octanol–water partition coefficient (Wildman–Crippen LogP) is 0.752. The Morgan fingerprint density at radius 2 is 1.95 bits per heavy atom. The van der Waals surface area contributed by atoms with Crippen LogP contribution in [0.3, 0.4) is 0 Å². The highest BCUT2D eigenvalue weighted by Gasteiger charge is 2.36. The van der Waals surface area contributed by atoms with Crippen LogP contribution in [0.5, 0.6) is 0 Å². The number of hydrogen-bond donors (Lipinski definition) is 2. The van der Waals surface area contributed by atoms with E-state index in [0.717, 1.165) is 11.2 Å². The second-order valence-electron chi connectivity index (χ2n) is 4.60. The largest absolute Gasteiger partial charge is 0.479 e. The van der Waals surface area contributed by atoms with Crippen LogP contribution in [0.1, 0.15) is 17.2 Å². The van der Waals surface area contributed by atoms with Gasteiger partial charge in [-0.2, -0.15) is 0 Å². The molecule has 1 aromatic rings. The summed E-state index contributed by atoms with van der Waals surface area (Å²) in [6.45, 7) is 0.0204. The second-order valence-corrected chi connectivity index (χ2v) is 6.62. The minimum Gasteiger partial charge on any atom is -0.479 e. The maximum absolute atomic E-state index is 11.5. The van der Waals surface area contributed by atoms with Crippen molar-refractivity contribution in [2.24, 2.45) is 0 Å². The van der Waals surface area contributed by atoms with E-state index in [0.29, 0.717) is 11.1 Å². The number of carboxylic acids is 1. The van der Waals surface area contributed by atoms with Gasteiger partial charge in [0.25, 0.3) is 0 Å². The monoisotopic (exact) mass is 299 g/mol. The summed E-state index contributed by atoms with van der Waals surface area (Å²) in [5, 5.41) is 18.2. The van der Waals surface area contributed by atoms with Crippen molar-refractivity contribution in [2.75, 3.05) is 12.8 Å². The van der Waals surface area contributed by atoms with Gasteiger partial charge in [0.15, 0.2) is 15.9 Å². The molecule has 7 nitrogen and oxygen atoms in total. The van der Waals surface area contributed by atoms with Crippen LogP contribution in [0.2, 0.25) is 0 Å². The number of rotatable bonds is 2. The molecular formula is C12H13NO6S. The lowest BCUT2D eigenvalue weighted by Gasteiger charge is -2.32. The highest BCUT2D eigenvalue weighted by atomic mass is 32.2. The van der Waals surface area contributed by atoms with E-state index in [-0.39, 0.29) is 17.9 Å². The highest BCUT2D eigenvalue weighted by molar-refractivity contribution is 7.90. The van der Waals surface area contributed by atoms with Gasteiger partial charge in [-0.15, -0.1) is 0 Å². The Morgan fingerprint density at radius 3 is 2.45 bits per heavy atom. The number of carboxylic acid groups (broad SMARTS) is 2. The molecule has 0 bridgehead atoms.